The molecular weight excluding hydrogens is 382 g/mol. The van der Waals surface area contributed by atoms with Crippen LogP contribution in [0.3, 0.4) is 0 Å². The van der Waals surface area contributed by atoms with Gasteiger partial charge in [-0.05, 0) is 30.5 Å². The molecule has 8 nitrogen and oxygen atoms in total. The van der Waals surface area contributed by atoms with E-state index in [1.165, 1.54) is 5.56 Å². The van der Waals surface area contributed by atoms with Gasteiger partial charge in [0.1, 0.15) is 5.69 Å². The Morgan fingerprint density at radius 3 is 2.77 bits per heavy atom. The molecule has 1 aliphatic heterocycles. The summed E-state index contributed by atoms with van der Waals surface area (Å²) in [5, 5.41) is 27.2. The molecule has 1 fully saturated rings. The van der Waals surface area contributed by atoms with E-state index >= 15 is 0 Å². The monoisotopic (exact) mass is 407 g/mol. The third-order valence-electron chi connectivity index (χ3n) is 5.65. The van der Waals surface area contributed by atoms with Crippen molar-refractivity contribution in [2.24, 2.45) is 0 Å². The lowest BCUT2D eigenvalue weighted by atomic mass is 10.1. The van der Waals surface area contributed by atoms with Crippen LogP contribution in [-0.4, -0.2) is 61.9 Å². The van der Waals surface area contributed by atoms with Gasteiger partial charge in [-0.1, -0.05) is 47.7 Å². The van der Waals surface area contributed by atoms with Crippen LogP contribution in [0.5, 0.6) is 0 Å². The van der Waals surface area contributed by atoms with Crippen LogP contribution in [0, 0.1) is 0 Å². The second-order valence-electron chi connectivity index (χ2n) is 7.56. The van der Waals surface area contributed by atoms with Gasteiger partial charge in [-0.25, -0.2) is 10.2 Å². The number of carbonyl (C=O) groups excluding carboxylic acids is 1. The van der Waals surface area contributed by atoms with Crippen molar-refractivity contribution in [3.05, 3.63) is 71.9 Å². The van der Waals surface area contributed by atoms with Gasteiger partial charge in [-0.15, -0.1) is 5.10 Å². The summed E-state index contributed by atoms with van der Waals surface area (Å²) in [4.78, 5) is 14.0. The Labute approximate surface area is 174 Å². The van der Waals surface area contributed by atoms with E-state index in [-0.39, 0.29) is 18.7 Å². The van der Waals surface area contributed by atoms with Gasteiger partial charge in [-0.2, -0.15) is 0 Å². The SMILES string of the molecule is O=C(NO)c1cccc(-c2cn([C@@H]3C[C@H](CO)N(CCc4ccccc4)C3)nn2)c1. The van der Waals surface area contributed by atoms with Gasteiger partial charge in [0.05, 0.1) is 18.8 Å². The molecule has 2 aromatic carbocycles. The number of nitrogens with one attached hydrogen (secondary N) is 1. The molecule has 2 atom stereocenters. The Balaban J connectivity index is 1.45. The Morgan fingerprint density at radius 2 is 2.00 bits per heavy atom. The molecule has 4 rings (SSSR count). The normalized spacial score (nSPS) is 19.1. The van der Waals surface area contributed by atoms with Gasteiger partial charge in [0.2, 0.25) is 0 Å². The molecule has 0 saturated carbocycles. The molecule has 156 valence electrons. The number of hydrogen-bond donors (Lipinski definition) is 3. The topological polar surface area (TPSA) is 104 Å². The zero-order valence-corrected chi connectivity index (χ0v) is 16.6. The van der Waals surface area contributed by atoms with Crippen LogP contribution in [0.2, 0.25) is 0 Å². The highest BCUT2D eigenvalue weighted by molar-refractivity contribution is 5.94. The van der Waals surface area contributed by atoms with Crippen molar-refractivity contribution in [1.82, 2.24) is 25.4 Å². The molecular formula is C22H25N5O3. The van der Waals surface area contributed by atoms with Crippen LogP contribution in [0.15, 0.2) is 60.8 Å². The second kappa shape index (κ2) is 9.17. The summed E-state index contributed by atoms with van der Waals surface area (Å²) in [6.45, 7) is 1.80. The van der Waals surface area contributed by atoms with Crippen molar-refractivity contribution < 1.29 is 15.1 Å². The fraction of sp³-hybridized carbons (Fsp3) is 0.318. The number of hydroxylamine groups is 1. The highest BCUT2D eigenvalue weighted by atomic mass is 16.5. The molecule has 1 aromatic heterocycles. The van der Waals surface area contributed by atoms with Crippen molar-refractivity contribution in [2.75, 3.05) is 19.7 Å². The highest BCUT2D eigenvalue weighted by Gasteiger charge is 2.33. The number of aromatic nitrogens is 3. The smallest absolute Gasteiger partial charge is 0.274 e. The predicted octanol–water partition coefficient (Wildman–Crippen LogP) is 1.91. The van der Waals surface area contributed by atoms with Crippen LogP contribution in [0.25, 0.3) is 11.3 Å². The lowest BCUT2D eigenvalue weighted by Crippen LogP contribution is -2.34. The lowest BCUT2D eigenvalue weighted by Gasteiger charge is -2.22. The van der Waals surface area contributed by atoms with Gasteiger partial charge in [-0.3, -0.25) is 14.9 Å². The number of likely N-dealkylation sites (tertiary alicyclic amines) is 1. The van der Waals surface area contributed by atoms with Crippen molar-refractivity contribution in [2.45, 2.75) is 24.9 Å². The van der Waals surface area contributed by atoms with Crippen molar-refractivity contribution in [1.29, 1.82) is 0 Å². The summed E-state index contributed by atoms with van der Waals surface area (Å²) < 4.78 is 1.85. The van der Waals surface area contributed by atoms with Gasteiger partial charge in [0.25, 0.3) is 5.91 Å². The molecule has 2 heterocycles. The number of rotatable bonds is 7. The lowest BCUT2D eigenvalue weighted by molar-refractivity contribution is 0.0706. The maximum atomic E-state index is 11.6. The molecule has 3 N–H and O–H groups in total. The van der Waals surface area contributed by atoms with Gasteiger partial charge in [0.15, 0.2) is 0 Å². The fourth-order valence-corrected chi connectivity index (χ4v) is 4.00. The number of amides is 1. The van der Waals surface area contributed by atoms with Gasteiger partial charge >= 0.3 is 0 Å². The fourth-order valence-electron chi connectivity index (χ4n) is 4.00. The number of benzene rings is 2. The van der Waals surface area contributed by atoms with Gasteiger partial charge < -0.3 is 5.11 Å². The average molecular weight is 407 g/mol. The van der Waals surface area contributed by atoms with Crippen LogP contribution in [0.1, 0.15) is 28.4 Å². The largest absolute Gasteiger partial charge is 0.395 e. The van der Waals surface area contributed by atoms with Crippen molar-refractivity contribution >= 4 is 5.91 Å². The molecule has 0 aliphatic carbocycles. The maximum Gasteiger partial charge on any atom is 0.274 e. The Kier molecular flexibility index (Phi) is 6.18. The minimum absolute atomic E-state index is 0.0999. The van der Waals surface area contributed by atoms with E-state index in [2.05, 4.69) is 27.3 Å². The first-order valence-electron chi connectivity index (χ1n) is 10.0. The summed E-state index contributed by atoms with van der Waals surface area (Å²) in [5.41, 5.74) is 4.68. The molecule has 0 spiro atoms. The predicted molar refractivity (Wildman–Crippen MR) is 111 cm³/mol. The first-order valence-corrected chi connectivity index (χ1v) is 10.0. The van der Waals surface area contributed by atoms with E-state index in [4.69, 9.17) is 5.21 Å². The molecule has 30 heavy (non-hydrogen) atoms. The van der Waals surface area contributed by atoms with E-state index in [9.17, 15) is 9.90 Å². The Morgan fingerprint density at radius 1 is 1.17 bits per heavy atom. The molecule has 1 aliphatic rings. The average Bonchev–Trinajstić information content (AvgIpc) is 3.45. The van der Waals surface area contributed by atoms with Crippen molar-refractivity contribution in [3.8, 4) is 11.3 Å². The van der Waals surface area contributed by atoms with E-state index in [0.717, 1.165) is 31.5 Å². The third-order valence-corrected chi connectivity index (χ3v) is 5.65. The molecule has 0 bridgehead atoms. The molecule has 1 amide bonds. The summed E-state index contributed by atoms with van der Waals surface area (Å²) in [6.07, 6.45) is 3.61. The molecule has 1 saturated heterocycles. The highest BCUT2D eigenvalue weighted by Crippen LogP contribution is 2.28. The number of aliphatic hydroxyl groups is 1. The Hall–Kier alpha value is -3.07. The van der Waals surface area contributed by atoms with E-state index < -0.39 is 5.91 Å². The molecule has 0 radical (unpaired) electrons. The first-order chi connectivity index (χ1) is 14.7. The Bertz CT molecular complexity index is 991. The maximum absolute atomic E-state index is 11.6. The van der Waals surface area contributed by atoms with E-state index in [1.807, 2.05) is 35.1 Å². The zero-order valence-electron chi connectivity index (χ0n) is 16.6. The number of nitrogens with zero attached hydrogens (tertiary/aromatic N) is 4. The third kappa shape index (κ3) is 4.40. The van der Waals surface area contributed by atoms with E-state index in [1.54, 1.807) is 23.7 Å². The van der Waals surface area contributed by atoms with Crippen molar-refractivity contribution in [3.63, 3.8) is 0 Å². The number of aliphatic hydroxyl groups excluding tert-OH is 1. The summed E-state index contributed by atoms with van der Waals surface area (Å²) in [6, 6.07) is 17.4. The summed E-state index contributed by atoms with van der Waals surface area (Å²) >= 11 is 0. The quantitative estimate of drug-likeness (QED) is 0.408. The van der Waals surface area contributed by atoms with Gasteiger partial charge in [0, 0.05) is 30.3 Å². The molecule has 3 aromatic rings. The number of hydrogen-bond acceptors (Lipinski definition) is 6. The van der Waals surface area contributed by atoms with Crippen LogP contribution in [-0.2, 0) is 6.42 Å². The zero-order chi connectivity index (χ0) is 20.9. The minimum Gasteiger partial charge on any atom is -0.395 e. The minimum atomic E-state index is -0.570. The second-order valence-corrected chi connectivity index (χ2v) is 7.56. The molecule has 8 heteroatoms. The molecule has 0 unspecified atom stereocenters. The van der Waals surface area contributed by atoms with Crippen LogP contribution in [0.4, 0.5) is 0 Å². The number of carbonyl (C=O) groups is 1. The van der Waals surface area contributed by atoms with Crippen LogP contribution < -0.4 is 5.48 Å². The van der Waals surface area contributed by atoms with E-state index in [0.29, 0.717) is 11.3 Å². The van der Waals surface area contributed by atoms with Crippen LogP contribution >= 0.6 is 0 Å². The first kappa shape index (κ1) is 20.2. The summed E-state index contributed by atoms with van der Waals surface area (Å²) in [5.74, 6) is -0.570. The summed E-state index contributed by atoms with van der Waals surface area (Å²) in [7, 11) is 0. The standard InChI is InChI=1S/C22H25N5O3/c28-15-20-12-19(13-26(20)10-9-16-5-2-1-3-6-16)27-14-21(23-25-27)17-7-4-8-18(11-17)22(29)24-30/h1-8,11,14,19-20,28,30H,9-10,12-13,15H2,(H,24,29)/t19-,20-/m1/s1.